The zero-order chi connectivity index (χ0) is 9.68. The van der Waals surface area contributed by atoms with Crippen molar-refractivity contribution in [3.8, 4) is 0 Å². The monoisotopic (exact) mass is 181 g/mol. The number of ketones is 1. The molecule has 0 atom stereocenters. The van der Waals surface area contributed by atoms with Crippen LogP contribution in [0.5, 0.6) is 0 Å². The van der Waals surface area contributed by atoms with E-state index in [1.807, 2.05) is 14.0 Å². The van der Waals surface area contributed by atoms with Crippen molar-refractivity contribution in [2.45, 2.75) is 32.6 Å². The summed E-state index contributed by atoms with van der Waals surface area (Å²) in [6.07, 6.45) is 4.41. The molecule has 1 aromatic rings. The lowest BCUT2D eigenvalue weighted by Crippen LogP contribution is -2.04. The van der Waals surface area contributed by atoms with Crippen LogP contribution in [0.3, 0.4) is 0 Å². The van der Waals surface area contributed by atoms with Crippen LogP contribution in [0.15, 0.2) is 6.33 Å². The van der Waals surface area contributed by atoms with E-state index in [1.165, 1.54) is 6.33 Å². The Balaban J connectivity index is 2.35. The molecule has 0 fully saturated rings. The number of hydrogen-bond donors (Lipinski definition) is 0. The van der Waals surface area contributed by atoms with Gasteiger partial charge in [0.05, 0.1) is 0 Å². The average Bonchev–Trinajstić information content (AvgIpc) is 2.48. The third-order valence-electron chi connectivity index (χ3n) is 1.96. The fourth-order valence-corrected chi connectivity index (χ4v) is 1.20. The van der Waals surface area contributed by atoms with Crippen molar-refractivity contribution in [1.29, 1.82) is 0 Å². The smallest absolute Gasteiger partial charge is 0.138 e. The molecule has 0 aliphatic carbocycles. The number of hydrogen-bond acceptors (Lipinski definition) is 3. The molecule has 0 radical (unpaired) electrons. The summed E-state index contributed by atoms with van der Waals surface area (Å²) < 4.78 is 1.71. The molecule has 0 aromatic carbocycles. The summed E-state index contributed by atoms with van der Waals surface area (Å²) in [5, 5.41) is 3.93. The molecule has 4 nitrogen and oxygen atoms in total. The van der Waals surface area contributed by atoms with E-state index in [0.717, 1.165) is 12.2 Å². The van der Waals surface area contributed by atoms with E-state index in [1.54, 1.807) is 4.68 Å². The van der Waals surface area contributed by atoms with E-state index in [4.69, 9.17) is 0 Å². The van der Waals surface area contributed by atoms with Crippen LogP contribution in [0.1, 0.15) is 32.0 Å². The highest BCUT2D eigenvalue weighted by Crippen LogP contribution is 2.00. The number of carbonyl (C=O) groups is 1. The van der Waals surface area contributed by atoms with Crippen LogP contribution < -0.4 is 0 Å². The van der Waals surface area contributed by atoms with Gasteiger partial charge in [-0.15, -0.1) is 0 Å². The SMILES string of the molecule is CCCC(=O)CCc1ncnn1C. The molecule has 0 bridgehead atoms. The van der Waals surface area contributed by atoms with Crippen molar-refractivity contribution in [1.82, 2.24) is 14.8 Å². The average molecular weight is 181 g/mol. The standard InChI is InChI=1S/C9H15N3O/c1-3-4-8(13)5-6-9-10-7-11-12(9)2/h7H,3-6H2,1-2H3. The largest absolute Gasteiger partial charge is 0.300 e. The minimum atomic E-state index is 0.311. The molecular weight excluding hydrogens is 166 g/mol. The highest BCUT2D eigenvalue weighted by molar-refractivity contribution is 5.78. The van der Waals surface area contributed by atoms with Crippen LogP contribution in [-0.2, 0) is 18.3 Å². The summed E-state index contributed by atoms with van der Waals surface area (Å²) in [6, 6.07) is 0. The number of aromatic nitrogens is 3. The van der Waals surface area contributed by atoms with Crippen LogP contribution >= 0.6 is 0 Å². The van der Waals surface area contributed by atoms with Gasteiger partial charge in [-0.1, -0.05) is 6.92 Å². The third kappa shape index (κ3) is 2.97. The summed E-state index contributed by atoms with van der Waals surface area (Å²) in [6.45, 7) is 2.01. The van der Waals surface area contributed by atoms with Gasteiger partial charge in [0.25, 0.3) is 0 Å². The van der Waals surface area contributed by atoms with E-state index in [2.05, 4.69) is 10.1 Å². The van der Waals surface area contributed by atoms with E-state index >= 15 is 0 Å². The van der Waals surface area contributed by atoms with Crippen molar-refractivity contribution < 1.29 is 4.79 Å². The molecular formula is C9H15N3O. The Morgan fingerprint density at radius 3 is 2.85 bits per heavy atom. The van der Waals surface area contributed by atoms with E-state index in [-0.39, 0.29) is 0 Å². The molecule has 0 aliphatic heterocycles. The molecule has 0 N–H and O–H groups in total. The van der Waals surface area contributed by atoms with Crippen LogP contribution in [0.2, 0.25) is 0 Å². The summed E-state index contributed by atoms with van der Waals surface area (Å²) in [5.41, 5.74) is 0. The van der Waals surface area contributed by atoms with E-state index in [9.17, 15) is 4.79 Å². The molecule has 72 valence electrons. The number of nitrogens with zero attached hydrogens (tertiary/aromatic N) is 3. The second-order valence-corrected chi connectivity index (χ2v) is 3.09. The van der Waals surface area contributed by atoms with Crippen LogP contribution in [0.4, 0.5) is 0 Å². The molecule has 1 aromatic heterocycles. The fourth-order valence-electron chi connectivity index (χ4n) is 1.20. The lowest BCUT2D eigenvalue weighted by atomic mass is 10.1. The minimum absolute atomic E-state index is 0.311. The number of Topliss-reactive ketones (excluding diaryl/α,β-unsaturated/α-hetero) is 1. The summed E-state index contributed by atoms with van der Waals surface area (Å²) in [5.74, 6) is 1.19. The Morgan fingerprint density at radius 2 is 2.31 bits per heavy atom. The van der Waals surface area contributed by atoms with Gasteiger partial charge in [-0.05, 0) is 6.42 Å². The Labute approximate surface area is 78.0 Å². The first-order chi connectivity index (χ1) is 6.24. The normalized spacial score (nSPS) is 10.3. The molecule has 0 aliphatic rings. The minimum Gasteiger partial charge on any atom is -0.300 e. The Hall–Kier alpha value is -1.19. The fraction of sp³-hybridized carbons (Fsp3) is 0.667. The Morgan fingerprint density at radius 1 is 1.54 bits per heavy atom. The number of carbonyl (C=O) groups excluding carboxylic acids is 1. The lowest BCUT2D eigenvalue weighted by Gasteiger charge is -1.98. The highest BCUT2D eigenvalue weighted by Gasteiger charge is 2.04. The maximum Gasteiger partial charge on any atom is 0.138 e. The maximum atomic E-state index is 11.2. The summed E-state index contributed by atoms with van der Waals surface area (Å²) >= 11 is 0. The van der Waals surface area contributed by atoms with Crippen LogP contribution in [0, 0.1) is 0 Å². The highest BCUT2D eigenvalue weighted by atomic mass is 16.1. The number of aryl methyl sites for hydroxylation is 2. The molecule has 0 unspecified atom stereocenters. The van der Waals surface area contributed by atoms with E-state index in [0.29, 0.717) is 25.0 Å². The first-order valence-electron chi connectivity index (χ1n) is 4.58. The van der Waals surface area contributed by atoms with Gasteiger partial charge in [0.15, 0.2) is 0 Å². The Kier molecular flexibility index (Phi) is 3.61. The topological polar surface area (TPSA) is 47.8 Å². The summed E-state index contributed by atoms with van der Waals surface area (Å²) in [7, 11) is 1.84. The molecule has 0 saturated carbocycles. The van der Waals surface area contributed by atoms with Gasteiger partial charge >= 0.3 is 0 Å². The van der Waals surface area contributed by atoms with Crippen molar-refractivity contribution in [3.63, 3.8) is 0 Å². The molecule has 4 heteroatoms. The van der Waals surface area contributed by atoms with Gasteiger partial charge in [-0.3, -0.25) is 9.48 Å². The first-order valence-corrected chi connectivity index (χ1v) is 4.58. The zero-order valence-electron chi connectivity index (χ0n) is 8.16. The maximum absolute atomic E-state index is 11.2. The second kappa shape index (κ2) is 4.74. The van der Waals surface area contributed by atoms with Gasteiger partial charge in [0, 0.05) is 26.3 Å². The Bertz CT molecular complexity index is 280. The predicted molar refractivity (Wildman–Crippen MR) is 49.2 cm³/mol. The first kappa shape index (κ1) is 9.89. The van der Waals surface area contributed by atoms with E-state index < -0.39 is 0 Å². The van der Waals surface area contributed by atoms with Crippen LogP contribution in [0.25, 0.3) is 0 Å². The molecule has 0 saturated heterocycles. The van der Waals surface area contributed by atoms with Gasteiger partial charge in [0.2, 0.25) is 0 Å². The molecule has 1 rings (SSSR count). The predicted octanol–water partition coefficient (Wildman–Crippen LogP) is 1.12. The van der Waals surface area contributed by atoms with Crippen LogP contribution in [-0.4, -0.2) is 20.5 Å². The zero-order valence-corrected chi connectivity index (χ0v) is 8.16. The molecule has 13 heavy (non-hydrogen) atoms. The molecule has 1 heterocycles. The van der Waals surface area contributed by atoms with Gasteiger partial charge in [0.1, 0.15) is 17.9 Å². The van der Waals surface area contributed by atoms with Crippen molar-refractivity contribution >= 4 is 5.78 Å². The quantitative estimate of drug-likeness (QED) is 0.683. The number of rotatable bonds is 5. The molecule has 0 amide bonds. The van der Waals surface area contributed by atoms with Gasteiger partial charge < -0.3 is 0 Å². The second-order valence-electron chi connectivity index (χ2n) is 3.09. The van der Waals surface area contributed by atoms with Gasteiger partial charge in [-0.25, -0.2) is 4.98 Å². The third-order valence-corrected chi connectivity index (χ3v) is 1.96. The van der Waals surface area contributed by atoms with Crippen molar-refractivity contribution in [2.75, 3.05) is 0 Å². The van der Waals surface area contributed by atoms with Crippen molar-refractivity contribution in [2.24, 2.45) is 7.05 Å². The molecule has 0 spiro atoms. The lowest BCUT2D eigenvalue weighted by molar-refractivity contribution is -0.119. The summed E-state index contributed by atoms with van der Waals surface area (Å²) in [4.78, 5) is 15.2. The van der Waals surface area contributed by atoms with Gasteiger partial charge in [-0.2, -0.15) is 5.10 Å². The van der Waals surface area contributed by atoms with Crippen molar-refractivity contribution in [3.05, 3.63) is 12.2 Å².